The molecule has 1 aliphatic rings. The fraction of sp³-hybridized carbons (Fsp3) is 0.543. The van der Waals surface area contributed by atoms with Crippen LogP contribution in [0.4, 0.5) is 0 Å². The Bertz CT molecular complexity index is 1400. The van der Waals surface area contributed by atoms with Crippen molar-refractivity contribution >= 4 is 5.97 Å². The van der Waals surface area contributed by atoms with Gasteiger partial charge in [0.1, 0.15) is 11.4 Å². The number of aromatic nitrogens is 3. The zero-order valence-electron chi connectivity index (χ0n) is 26.6. The average molecular weight is 592 g/mol. The largest absolute Gasteiger partial charge is 0.476 e. The van der Waals surface area contributed by atoms with Gasteiger partial charge in [0.05, 0.1) is 6.61 Å². The van der Waals surface area contributed by atoms with Crippen LogP contribution >= 0.6 is 0 Å². The fourth-order valence-electron chi connectivity index (χ4n) is 5.31. The van der Waals surface area contributed by atoms with Crippen LogP contribution < -0.4 is 16.0 Å². The molecule has 0 N–H and O–H groups in total. The molecule has 0 saturated heterocycles. The van der Waals surface area contributed by atoms with Gasteiger partial charge in [-0.2, -0.15) is 5.10 Å². The Morgan fingerprint density at radius 2 is 1.63 bits per heavy atom. The number of esters is 1. The summed E-state index contributed by atoms with van der Waals surface area (Å²) in [5.74, 6) is 0.368. The minimum atomic E-state index is -1.08. The first kappa shape index (κ1) is 33.8. The van der Waals surface area contributed by atoms with E-state index in [-0.39, 0.29) is 17.2 Å². The van der Waals surface area contributed by atoms with Crippen molar-refractivity contribution in [1.29, 1.82) is 0 Å². The third-order valence-corrected chi connectivity index (χ3v) is 7.71. The monoisotopic (exact) mass is 591 g/mol. The van der Waals surface area contributed by atoms with Crippen molar-refractivity contribution in [3.05, 3.63) is 92.3 Å². The molecule has 3 aromatic rings. The first-order valence-corrected chi connectivity index (χ1v) is 15.9. The van der Waals surface area contributed by atoms with Gasteiger partial charge in [0.15, 0.2) is 5.60 Å². The molecule has 0 bridgehead atoms. The summed E-state index contributed by atoms with van der Waals surface area (Å²) >= 11 is 0. The lowest BCUT2D eigenvalue weighted by Gasteiger charge is -2.24. The number of hydrogen-bond acceptors (Lipinski definition) is 6. The van der Waals surface area contributed by atoms with Crippen LogP contribution in [-0.4, -0.2) is 32.5 Å². The molecule has 8 nitrogen and oxygen atoms in total. The molecule has 2 aromatic carbocycles. The van der Waals surface area contributed by atoms with E-state index in [1.807, 2.05) is 37.3 Å². The quantitative estimate of drug-likeness (QED) is 0.167. The molecule has 8 heteroatoms. The fourth-order valence-corrected chi connectivity index (χ4v) is 5.31. The predicted octanol–water partition coefficient (Wildman–Crippen LogP) is 6.47. The van der Waals surface area contributed by atoms with Crippen molar-refractivity contribution in [3.63, 3.8) is 0 Å². The second-order valence-corrected chi connectivity index (χ2v) is 11.6. The first-order valence-electron chi connectivity index (χ1n) is 15.9. The number of rotatable bonds is 13. The molecule has 1 aliphatic carbocycles. The van der Waals surface area contributed by atoms with Crippen molar-refractivity contribution in [2.75, 3.05) is 6.61 Å². The zero-order chi connectivity index (χ0) is 31.2. The van der Waals surface area contributed by atoms with E-state index in [0.717, 1.165) is 56.9 Å². The Balaban J connectivity index is 0.000000546. The number of nitrogens with zero attached hydrogens (tertiary/aromatic N) is 3. The van der Waals surface area contributed by atoms with Gasteiger partial charge in [-0.1, -0.05) is 69.2 Å². The van der Waals surface area contributed by atoms with E-state index in [1.165, 1.54) is 14.8 Å². The molecule has 0 aliphatic heterocycles. The number of ether oxygens (including phenoxy) is 2. The number of benzene rings is 2. The smallest absolute Gasteiger partial charge is 0.349 e. The topological polar surface area (TPSA) is 92.4 Å². The minimum Gasteiger partial charge on any atom is -0.476 e. The standard InChI is InChI=1S/C27H39N3O5.C8H10/c1-5-17-30-26(33)29(24(31)23(28-30)21-14-7-8-15-21)18-10-9-12-20-13-11-16-22(19-20)35-27(3,4)25(32)34-6-2;1-2-8-6-4-3-5-7-8/h11,13,16,19,21H,5-10,12,14-15,17-18H2,1-4H3;3-7H,2H2,1H3. The summed E-state index contributed by atoms with van der Waals surface area (Å²) in [6.45, 7) is 10.5. The van der Waals surface area contributed by atoms with Crippen LogP contribution in [-0.2, 0) is 35.5 Å². The van der Waals surface area contributed by atoms with Gasteiger partial charge in [0, 0.05) is 19.0 Å². The Labute approximate surface area is 256 Å². The molecule has 234 valence electrons. The predicted molar refractivity (Wildman–Crippen MR) is 171 cm³/mol. The van der Waals surface area contributed by atoms with E-state index < -0.39 is 11.6 Å². The van der Waals surface area contributed by atoms with E-state index in [0.29, 0.717) is 37.6 Å². The van der Waals surface area contributed by atoms with Gasteiger partial charge >= 0.3 is 11.7 Å². The number of carbonyl (C=O) groups is 1. The third-order valence-electron chi connectivity index (χ3n) is 7.71. The van der Waals surface area contributed by atoms with Crippen LogP contribution in [0.2, 0.25) is 0 Å². The average Bonchev–Trinajstić information content (AvgIpc) is 3.54. The lowest BCUT2D eigenvalue weighted by molar-refractivity contribution is -0.158. The van der Waals surface area contributed by atoms with E-state index in [4.69, 9.17) is 9.47 Å². The Morgan fingerprint density at radius 1 is 0.930 bits per heavy atom. The second-order valence-electron chi connectivity index (χ2n) is 11.6. The van der Waals surface area contributed by atoms with Crippen molar-refractivity contribution in [2.24, 2.45) is 0 Å². The molecular formula is C35H49N3O5. The van der Waals surface area contributed by atoms with Gasteiger partial charge in [0.2, 0.25) is 0 Å². The lowest BCUT2D eigenvalue weighted by Crippen LogP contribution is -2.44. The summed E-state index contributed by atoms with van der Waals surface area (Å²) in [6, 6.07) is 18.1. The van der Waals surface area contributed by atoms with Crippen molar-refractivity contribution in [3.8, 4) is 5.75 Å². The maximum absolute atomic E-state index is 13.1. The molecule has 0 atom stereocenters. The summed E-state index contributed by atoms with van der Waals surface area (Å²) in [4.78, 5) is 38.1. The summed E-state index contributed by atoms with van der Waals surface area (Å²) in [5.41, 5.74) is 1.43. The summed E-state index contributed by atoms with van der Waals surface area (Å²) in [5, 5.41) is 4.47. The molecule has 0 radical (unpaired) electrons. The minimum absolute atomic E-state index is 0.166. The van der Waals surface area contributed by atoms with Crippen molar-refractivity contribution < 1.29 is 14.3 Å². The normalized spacial score (nSPS) is 13.3. The SMILES string of the molecule is CCCn1nc(C2CCCC2)c(=O)n(CCCCc2cccc(OC(C)(C)C(=O)OCC)c2)c1=O.CCc1ccccc1. The van der Waals surface area contributed by atoms with Crippen LogP contribution in [0.15, 0.2) is 64.2 Å². The van der Waals surface area contributed by atoms with Crippen molar-refractivity contribution in [2.45, 2.75) is 117 Å². The number of aryl methyl sites for hydroxylation is 3. The summed E-state index contributed by atoms with van der Waals surface area (Å²) < 4.78 is 13.8. The van der Waals surface area contributed by atoms with Gasteiger partial charge in [-0.25, -0.2) is 14.3 Å². The highest BCUT2D eigenvalue weighted by Gasteiger charge is 2.31. The van der Waals surface area contributed by atoms with E-state index >= 15 is 0 Å². The highest BCUT2D eigenvalue weighted by molar-refractivity contribution is 5.79. The Morgan fingerprint density at radius 3 is 2.26 bits per heavy atom. The molecule has 0 amide bonds. The van der Waals surface area contributed by atoms with Gasteiger partial charge in [0.25, 0.3) is 5.56 Å². The van der Waals surface area contributed by atoms with Crippen LogP contribution in [0.25, 0.3) is 0 Å². The lowest BCUT2D eigenvalue weighted by atomic mass is 10.0. The summed E-state index contributed by atoms with van der Waals surface area (Å²) in [7, 11) is 0. The molecular weight excluding hydrogens is 542 g/mol. The molecule has 1 fully saturated rings. The first-order chi connectivity index (χ1) is 20.7. The highest BCUT2D eigenvalue weighted by Crippen LogP contribution is 2.31. The summed E-state index contributed by atoms with van der Waals surface area (Å²) in [6.07, 6.45) is 8.38. The van der Waals surface area contributed by atoms with Crippen LogP contribution in [0.1, 0.15) is 102 Å². The molecule has 0 spiro atoms. The van der Waals surface area contributed by atoms with Gasteiger partial charge in [-0.15, -0.1) is 0 Å². The maximum Gasteiger partial charge on any atom is 0.349 e. The van der Waals surface area contributed by atoms with Crippen molar-refractivity contribution in [1.82, 2.24) is 14.3 Å². The Hall–Kier alpha value is -3.68. The van der Waals surface area contributed by atoms with Crippen LogP contribution in [0, 0.1) is 0 Å². The highest BCUT2D eigenvalue weighted by atomic mass is 16.6. The molecule has 0 unspecified atom stereocenters. The van der Waals surface area contributed by atoms with Crippen LogP contribution in [0.5, 0.6) is 5.75 Å². The number of unbranched alkanes of at least 4 members (excludes halogenated alkanes) is 1. The molecule has 1 saturated carbocycles. The van der Waals surface area contributed by atoms with Gasteiger partial charge in [-0.3, -0.25) is 9.36 Å². The molecule has 4 rings (SSSR count). The second kappa shape index (κ2) is 16.8. The third kappa shape index (κ3) is 9.94. The maximum atomic E-state index is 13.1. The number of carbonyl (C=O) groups excluding carboxylic acids is 1. The van der Waals surface area contributed by atoms with Crippen LogP contribution in [0.3, 0.4) is 0 Å². The van der Waals surface area contributed by atoms with E-state index in [2.05, 4.69) is 36.3 Å². The zero-order valence-corrected chi connectivity index (χ0v) is 26.6. The van der Waals surface area contributed by atoms with E-state index in [9.17, 15) is 14.4 Å². The molecule has 43 heavy (non-hydrogen) atoms. The molecule has 1 aromatic heterocycles. The Kier molecular flexibility index (Phi) is 13.2. The molecule has 1 heterocycles. The van der Waals surface area contributed by atoms with E-state index in [1.54, 1.807) is 20.8 Å². The van der Waals surface area contributed by atoms with Gasteiger partial charge in [-0.05, 0) is 89.0 Å². The number of hydrogen-bond donors (Lipinski definition) is 0. The van der Waals surface area contributed by atoms with Gasteiger partial charge < -0.3 is 9.47 Å².